The van der Waals surface area contributed by atoms with E-state index in [0.717, 1.165) is 0 Å². The van der Waals surface area contributed by atoms with Crippen LogP contribution in [0.3, 0.4) is 0 Å². The molecule has 0 saturated heterocycles. The largest absolute Gasteiger partial charge is 0.466 e. The van der Waals surface area contributed by atoms with Gasteiger partial charge in [-0.05, 0) is 37.1 Å². The summed E-state index contributed by atoms with van der Waals surface area (Å²) >= 11 is 12.4. The minimum Gasteiger partial charge on any atom is -0.466 e. The van der Waals surface area contributed by atoms with E-state index in [1.165, 1.54) is 7.11 Å². The zero-order valence-corrected chi connectivity index (χ0v) is 19.1. The van der Waals surface area contributed by atoms with Crippen LogP contribution in [0.4, 0.5) is 11.4 Å². The van der Waals surface area contributed by atoms with Crippen molar-refractivity contribution in [2.45, 2.75) is 24.7 Å². The van der Waals surface area contributed by atoms with Crippen molar-refractivity contribution in [3.63, 3.8) is 0 Å². The number of benzene rings is 2. The molecule has 1 aliphatic carbocycles. The summed E-state index contributed by atoms with van der Waals surface area (Å²) in [4.78, 5) is 42.0. The van der Waals surface area contributed by atoms with Gasteiger partial charge < -0.3 is 15.8 Å². The third-order valence-corrected chi connectivity index (χ3v) is 7.11. The Bertz CT molecular complexity index is 1320. The fourth-order valence-corrected chi connectivity index (χ4v) is 5.38. The number of carbonyl (C=O) groups excluding carboxylic acids is 3. The first kappa shape index (κ1) is 21.6. The number of ketones is 1. The lowest BCUT2D eigenvalue weighted by molar-refractivity contribution is -0.138. The van der Waals surface area contributed by atoms with Gasteiger partial charge in [-0.2, -0.15) is 0 Å². The zero-order valence-electron chi connectivity index (χ0n) is 17.6. The Morgan fingerprint density at radius 3 is 2.61 bits per heavy atom. The first-order chi connectivity index (χ1) is 15.8. The van der Waals surface area contributed by atoms with Crippen LogP contribution in [0.25, 0.3) is 0 Å². The highest BCUT2D eigenvalue weighted by Gasteiger charge is 2.61. The molecule has 0 fully saturated rings. The molecule has 0 aromatic heterocycles. The molecule has 2 heterocycles. The Morgan fingerprint density at radius 2 is 1.88 bits per heavy atom. The van der Waals surface area contributed by atoms with Gasteiger partial charge in [0.1, 0.15) is 16.8 Å². The molecule has 3 aliphatic rings. The van der Waals surface area contributed by atoms with E-state index in [4.69, 9.17) is 33.7 Å². The number of ether oxygens (including phenoxy) is 1. The highest BCUT2D eigenvalue weighted by atomic mass is 35.5. The summed E-state index contributed by atoms with van der Waals surface area (Å²) in [5, 5.41) is 3.47. The number of carbonyl (C=O) groups is 3. The molecule has 2 aromatic carbocycles. The fourth-order valence-electron chi connectivity index (χ4n) is 5.08. The number of amides is 1. The van der Waals surface area contributed by atoms with Crippen molar-refractivity contribution in [1.82, 2.24) is 0 Å². The normalized spacial score (nSPS) is 21.8. The average molecular weight is 484 g/mol. The predicted octanol–water partition coefficient (Wildman–Crippen LogP) is 4.05. The van der Waals surface area contributed by atoms with E-state index in [1.54, 1.807) is 47.4 Å². The highest BCUT2D eigenvalue weighted by Crippen LogP contribution is 2.55. The molecule has 1 atom stereocenters. The molecular weight excluding hydrogens is 465 g/mol. The Kier molecular flexibility index (Phi) is 4.99. The van der Waals surface area contributed by atoms with Crippen molar-refractivity contribution in [3.05, 3.63) is 80.7 Å². The van der Waals surface area contributed by atoms with Gasteiger partial charge in [0.15, 0.2) is 5.78 Å². The van der Waals surface area contributed by atoms with Crippen molar-refractivity contribution < 1.29 is 19.1 Å². The Hall–Kier alpha value is -3.29. The molecule has 0 bridgehead atoms. The highest BCUT2D eigenvalue weighted by molar-refractivity contribution is 6.42. The van der Waals surface area contributed by atoms with Gasteiger partial charge in [-0.15, -0.1) is 0 Å². The zero-order chi connectivity index (χ0) is 23.5. The van der Waals surface area contributed by atoms with Gasteiger partial charge >= 0.3 is 5.97 Å². The number of Topliss-reactive ketones (excluding diaryl/α,β-unsaturated/α-hetero) is 1. The van der Waals surface area contributed by atoms with Crippen LogP contribution in [-0.2, 0) is 24.5 Å². The number of nitrogens with one attached hydrogen (secondary N) is 1. The number of esters is 1. The second-order valence-electron chi connectivity index (χ2n) is 8.03. The summed E-state index contributed by atoms with van der Waals surface area (Å²) in [7, 11) is 1.21. The Morgan fingerprint density at radius 1 is 1.12 bits per heavy atom. The van der Waals surface area contributed by atoms with Crippen LogP contribution < -0.4 is 16.0 Å². The van der Waals surface area contributed by atoms with Crippen LogP contribution in [0.1, 0.15) is 24.8 Å². The molecule has 0 radical (unpaired) electrons. The molecule has 2 aromatic rings. The van der Waals surface area contributed by atoms with E-state index in [2.05, 4.69) is 5.32 Å². The van der Waals surface area contributed by atoms with E-state index in [1.807, 2.05) is 0 Å². The molecule has 1 spiro atoms. The van der Waals surface area contributed by atoms with Crippen LogP contribution in [0.2, 0.25) is 10.0 Å². The summed E-state index contributed by atoms with van der Waals surface area (Å²) in [5.74, 6) is -1.53. The Balaban J connectivity index is 1.90. The van der Waals surface area contributed by atoms with Gasteiger partial charge in [-0.3, -0.25) is 14.5 Å². The van der Waals surface area contributed by atoms with Crippen LogP contribution in [-0.4, -0.2) is 24.8 Å². The smallest absolute Gasteiger partial charge is 0.339 e. The van der Waals surface area contributed by atoms with Gasteiger partial charge in [0.25, 0.3) is 0 Å². The lowest BCUT2D eigenvalue weighted by Crippen LogP contribution is -2.53. The third-order valence-electron chi connectivity index (χ3n) is 6.37. The van der Waals surface area contributed by atoms with Gasteiger partial charge in [-0.25, -0.2) is 4.79 Å². The maximum absolute atomic E-state index is 13.7. The monoisotopic (exact) mass is 483 g/mol. The number of para-hydroxylation sites is 1. The van der Waals surface area contributed by atoms with Gasteiger partial charge in [0.2, 0.25) is 5.91 Å². The molecule has 168 valence electrons. The third kappa shape index (κ3) is 2.85. The van der Waals surface area contributed by atoms with Gasteiger partial charge in [-0.1, -0.05) is 41.4 Å². The minimum atomic E-state index is -1.70. The number of methoxy groups -OCH3 is 1. The molecule has 3 N–H and O–H groups in total. The molecule has 0 saturated carbocycles. The van der Waals surface area contributed by atoms with E-state index in [-0.39, 0.29) is 34.2 Å². The molecular formula is C24H19Cl2N3O4. The first-order valence-electron chi connectivity index (χ1n) is 10.3. The molecule has 5 rings (SSSR count). The van der Waals surface area contributed by atoms with Crippen molar-refractivity contribution in [2.75, 3.05) is 17.3 Å². The molecule has 7 nitrogen and oxygen atoms in total. The first-order valence-corrected chi connectivity index (χ1v) is 11.1. The number of nitrogens with zero attached hydrogens (tertiary/aromatic N) is 1. The van der Waals surface area contributed by atoms with Crippen LogP contribution in [0, 0.1) is 0 Å². The number of allylic oxidation sites excluding steroid dienone is 1. The topological polar surface area (TPSA) is 102 Å². The number of nitrogens with two attached hydrogens (primary N) is 1. The van der Waals surface area contributed by atoms with Crippen molar-refractivity contribution in [1.29, 1.82) is 0 Å². The number of anilines is 2. The molecule has 33 heavy (non-hydrogen) atoms. The van der Waals surface area contributed by atoms with Gasteiger partial charge in [0, 0.05) is 34.6 Å². The molecule has 2 aliphatic heterocycles. The summed E-state index contributed by atoms with van der Waals surface area (Å²) < 4.78 is 5.09. The SMILES string of the molecule is COC(=O)C1=C(N)N(c2ccc(Cl)c(Cl)c2)C2=C(C(=O)CCC2)C12C(=O)Nc1ccccc12. The number of fused-ring (bicyclic) bond motifs is 3. The van der Waals surface area contributed by atoms with Crippen LogP contribution in [0.15, 0.2) is 65.1 Å². The van der Waals surface area contributed by atoms with Gasteiger partial charge in [0.05, 0.1) is 17.2 Å². The van der Waals surface area contributed by atoms with E-state index in [9.17, 15) is 14.4 Å². The number of rotatable bonds is 2. The molecule has 9 heteroatoms. The lowest BCUT2D eigenvalue weighted by atomic mass is 9.63. The maximum atomic E-state index is 13.7. The van der Waals surface area contributed by atoms with E-state index < -0.39 is 17.3 Å². The van der Waals surface area contributed by atoms with E-state index in [0.29, 0.717) is 40.5 Å². The number of halogens is 2. The molecule has 1 amide bonds. The standard InChI is InChI=1S/C24H19Cl2N3O4/c1-33-22(31)20-21(27)29(12-9-10-14(25)15(26)11-12)17-7-4-8-18(30)19(17)24(20)13-5-2-3-6-16(13)28-23(24)32/h2-3,5-6,9-11H,4,7-8,27H2,1H3,(H,28,32). The average Bonchev–Trinajstić information content (AvgIpc) is 3.08. The maximum Gasteiger partial charge on any atom is 0.339 e. The van der Waals surface area contributed by atoms with Crippen molar-refractivity contribution >= 4 is 52.2 Å². The van der Waals surface area contributed by atoms with Crippen molar-refractivity contribution in [2.24, 2.45) is 5.73 Å². The number of hydrogen-bond donors (Lipinski definition) is 2. The summed E-state index contributed by atoms with van der Waals surface area (Å²) in [6.45, 7) is 0. The number of hydrogen-bond acceptors (Lipinski definition) is 6. The second-order valence-corrected chi connectivity index (χ2v) is 8.85. The summed E-state index contributed by atoms with van der Waals surface area (Å²) in [5.41, 5.74) is 7.17. The minimum absolute atomic E-state index is 0.000502. The summed E-state index contributed by atoms with van der Waals surface area (Å²) in [6, 6.07) is 11.9. The lowest BCUT2D eigenvalue weighted by Gasteiger charge is -2.44. The Labute approximate surface area is 199 Å². The van der Waals surface area contributed by atoms with Crippen LogP contribution in [0.5, 0.6) is 0 Å². The van der Waals surface area contributed by atoms with Crippen molar-refractivity contribution in [3.8, 4) is 0 Å². The second kappa shape index (κ2) is 7.64. The predicted molar refractivity (Wildman–Crippen MR) is 125 cm³/mol. The summed E-state index contributed by atoms with van der Waals surface area (Å²) in [6.07, 6.45) is 1.31. The van der Waals surface area contributed by atoms with Crippen LogP contribution >= 0.6 is 23.2 Å². The fraction of sp³-hybridized carbons (Fsp3) is 0.208. The molecule has 1 unspecified atom stereocenters. The van der Waals surface area contributed by atoms with E-state index >= 15 is 0 Å². The quantitative estimate of drug-likeness (QED) is 0.624.